The van der Waals surface area contributed by atoms with Crippen molar-refractivity contribution in [1.29, 1.82) is 0 Å². The lowest BCUT2D eigenvalue weighted by Gasteiger charge is -2.36. The van der Waals surface area contributed by atoms with Crippen LogP contribution >= 0.6 is 11.6 Å². The number of piperazine rings is 1. The summed E-state index contributed by atoms with van der Waals surface area (Å²) in [5.41, 5.74) is 0.152. The van der Waals surface area contributed by atoms with Gasteiger partial charge in [-0.25, -0.2) is 4.79 Å². The number of amides is 4. The van der Waals surface area contributed by atoms with Crippen molar-refractivity contribution in [2.75, 3.05) is 37.6 Å². The predicted octanol–water partition coefficient (Wildman–Crippen LogP) is 1.71. The van der Waals surface area contributed by atoms with E-state index in [1.165, 1.54) is 0 Å². The summed E-state index contributed by atoms with van der Waals surface area (Å²) in [5, 5.41) is 3.36. The number of anilines is 1. The Morgan fingerprint density at radius 2 is 1.77 bits per heavy atom. The molecule has 140 valence electrons. The number of rotatable bonds is 4. The number of hydrogen-bond acceptors (Lipinski definition) is 4. The molecule has 1 unspecified atom stereocenters. The average Bonchev–Trinajstić information content (AvgIpc) is 2.86. The fraction of sp³-hybridized carbons (Fsp3) is 0.500. The third-order valence-corrected chi connectivity index (χ3v) is 5.42. The summed E-state index contributed by atoms with van der Waals surface area (Å²) in [6.45, 7) is 5.80. The van der Waals surface area contributed by atoms with E-state index in [-0.39, 0.29) is 18.4 Å². The number of nitrogens with one attached hydrogen (secondary N) is 1. The van der Waals surface area contributed by atoms with Crippen molar-refractivity contribution < 1.29 is 14.4 Å². The normalized spacial score (nSPS) is 23.4. The van der Waals surface area contributed by atoms with E-state index in [0.29, 0.717) is 37.6 Å². The molecule has 2 aliphatic rings. The molecule has 2 fully saturated rings. The van der Waals surface area contributed by atoms with Gasteiger partial charge < -0.3 is 15.1 Å². The predicted molar refractivity (Wildman–Crippen MR) is 99.2 cm³/mol. The second-order valence-electron chi connectivity index (χ2n) is 6.85. The standard InChI is InChI=1S/C18H23ClN4O3/c1-3-18(2)16(25)23(17(26)20-18)12-15(24)22-10-8-21(9-11-22)14-6-4-13(19)5-7-14/h4-7H,3,8-12H2,1-2H3,(H,20,26). The quantitative estimate of drug-likeness (QED) is 0.809. The lowest BCUT2D eigenvalue weighted by Crippen LogP contribution is -2.52. The van der Waals surface area contributed by atoms with Gasteiger partial charge in [-0.05, 0) is 37.6 Å². The number of carbonyl (C=O) groups excluding carboxylic acids is 3. The molecule has 0 saturated carbocycles. The van der Waals surface area contributed by atoms with Crippen LogP contribution in [0, 0.1) is 0 Å². The SMILES string of the molecule is CCC1(C)NC(=O)N(CC(=O)N2CCN(c3ccc(Cl)cc3)CC2)C1=O. The van der Waals surface area contributed by atoms with E-state index >= 15 is 0 Å². The van der Waals surface area contributed by atoms with Gasteiger partial charge in [0.15, 0.2) is 0 Å². The van der Waals surface area contributed by atoms with Crippen molar-refractivity contribution >= 4 is 35.1 Å². The highest BCUT2D eigenvalue weighted by Gasteiger charge is 2.47. The molecule has 0 aromatic heterocycles. The average molecular weight is 379 g/mol. The summed E-state index contributed by atoms with van der Waals surface area (Å²) in [7, 11) is 0. The Morgan fingerprint density at radius 3 is 2.31 bits per heavy atom. The van der Waals surface area contributed by atoms with Crippen LogP contribution in [0.1, 0.15) is 20.3 Å². The zero-order valence-corrected chi connectivity index (χ0v) is 15.8. The van der Waals surface area contributed by atoms with Crippen molar-refractivity contribution in [3.05, 3.63) is 29.3 Å². The zero-order chi connectivity index (χ0) is 18.9. The third-order valence-electron chi connectivity index (χ3n) is 5.17. The van der Waals surface area contributed by atoms with Crippen LogP contribution in [0.15, 0.2) is 24.3 Å². The summed E-state index contributed by atoms with van der Waals surface area (Å²) >= 11 is 5.91. The molecule has 2 heterocycles. The van der Waals surface area contributed by atoms with E-state index in [1.54, 1.807) is 11.8 Å². The number of halogens is 1. The Balaban J connectivity index is 1.56. The van der Waals surface area contributed by atoms with Crippen molar-refractivity contribution in [2.24, 2.45) is 0 Å². The molecule has 7 nitrogen and oxygen atoms in total. The number of urea groups is 1. The van der Waals surface area contributed by atoms with E-state index in [1.807, 2.05) is 31.2 Å². The van der Waals surface area contributed by atoms with Crippen molar-refractivity contribution in [1.82, 2.24) is 15.1 Å². The molecule has 1 N–H and O–H groups in total. The van der Waals surface area contributed by atoms with Crippen molar-refractivity contribution in [2.45, 2.75) is 25.8 Å². The van der Waals surface area contributed by atoms with Gasteiger partial charge in [-0.1, -0.05) is 18.5 Å². The van der Waals surface area contributed by atoms with Gasteiger partial charge in [0, 0.05) is 36.9 Å². The molecule has 26 heavy (non-hydrogen) atoms. The first-order valence-electron chi connectivity index (χ1n) is 8.76. The maximum absolute atomic E-state index is 12.5. The van der Waals surface area contributed by atoms with Crippen LogP contribution in [-0.4, -0.2) is 65.9 Å². The van der Waals surface area contributed by atoms with Crippen molar-refractivity contribution in [3.63, 3.8) is 0 Å². The summed E-state index contributed by atoms with van der Waals surface area (Å²) in [4.78, 5) is 41.9. The van der Waals surface area contributed by atoms with Gasteiger partial charge in [-0.3, -0.25) is 14.5 Å². The minimum absolute atomic E-state index is 0.204. The van der Waals surface area contributed by atoms with E-state index in [4.69, 9.17) is 11.6 Å². The molecule has 1 aromatic carbocycles. The smallest absolute Gasteiger partial charge is 0.325 e. The summed E-state index contributed by atoms with van der Waals surface area (Å²) in [6, 6.07) is 7.11. The molecule has 3 rings (SSSR count). The molecular weight excluding hydrogens is 356 g/mol. The van der Waals surface area contributed by atoms with E-state index in [2.05, 4.69) is 10.2 Å². The van der Waals surface area contributed by atoms with E-state index in [9.17, 15) is 14.4 Å². The molecule has 0 radical (unpaired) electrons. The molecule has 0 bridgehead atoms. The minimum atomic E-state index is -0.912. The van der Waals surface area contributed by atoms with Gasteiger partial charge in [0.2, 0.25) is 5.91 Å². The second kappa shape index (κ2) is 7.15. The first kappa shape index (κ1) is 18.5. The second-order valence-corrected chi connectivity index (χ2v) is 7.29. The maximum atomic E-state index is 12.5. The van der Waals surface area contributed by atoms with Crippen LogP contribution in [0.2, 0.25) is 5.02 Å². The zero-order valence-electron chi connectivity index (χ0n) is 15.0. The Kier molecular flexibility index (Phi) is 5.09. The van der Waals surface area contributed by atoms with Crippen LogP contribution in [0.3, 0.4) is 0 Å². The molecular formula is C18H23ClN4O3. The number of benzene rings is 1. The summed E-state index contributed by atoms with van der Waals surface area (Å²) < 4.78 is 0. The highest BCUT2D eigenvalue weighted by atomic mass is 35.5. The first-order chi connectivity index (χ1) is 12.3. The Bertz CT molecular complexity index is 716. The van der Waals surface area contributed by atoms with Gasteiger partial charge in [-0.2, -0.15) is 0 Å². The molecule has 1 aromatic rings. The first-order valence-corrected chi connectivity index (χ1v) is 9.14. The van der Waals surface area contributed by atoms with Crippen molar-refractivity contribution in [3.8, 4) is 0 Å². The highest BCUT2D eigenvalue weighted by Crippen LogP contribution is 2.22. The van der Waals surface area contributed by atoms with Gasteiger partial charge >= 0.3 is 6.03 Å². The number of carbonyl (C=O) groups is 3. The van der Waals surface area contributed by atoms with E-state index in [0.717, 1.165) is 10.6 Å². The van der Waals surface area contributed by atoms with Gasteiger partial charge in [0.05, 0.1) is 0 Å². The summed E-state index contributed by atoms with van der Waals surface area (Å²) in [5.74, 6) is -0.539. The monoisotopic (exact) mass is 378 g/mol. The van der Waals surface area contributed by atoms with Crippen LogP contribution in [0.25, 0.3) is 0 Å². The Labute approximate surface area is 157 Å². The van der Waals surface area contributed by atoms with Gasteiger partial charge in [0.25, 0.3) is 5.91 Å². The fourth-order valence-electron chi connectivity index (χ4n) is 3.23. The van der Waals surface area contributed by atoms with Crippen LogP contribution < -0.4 is 10.2 Å². The molecule has 2 aliphatic heterocycles. The Morgan fingerprint density at radius 1 is 1.15 bits per heavy atom. The molecule has 1 atom stereocenters. The lowest BCUT2D eigenvalue weighted by molar-refractivity contribution is -0.139. The van der Waals surface area contributed by atoms with Crippen LogP contribution in [0.5, 0.6) is 0 Å². The molecule has 8 heteroatoms. The summed E-state index contributed by atoms with van der Waals surface area (Å²) in [6.07, 6.45) is 0.488. The highest BCUT2D eigenvalue weighted by molar-refractivity contribution is 6.30. The molecule has 2 saturated heterocycles. The molecule has 0 aliphatic carbocycles. The van der Waals surface area contributed by atoms with Gasteiger partial charge in [-0.15, -0.1) is 0 Å². The van der Waals surface area contributed by atoms with Crippen LogP contribution in [-0.2, 0) is 9.59 Å². The third kappa shape index (κ3) is 3.49. The molecule has 4 amide bonds. The Hall–Kier alpha value is -2.28. The maximum Gasteiger partial charge on any atom is 0.325 e. The van der Waals surface area contributed by atoms with Gasteiger partial charge in [0.1, 0.15) is 12.1 Å². The fourth-order valence-corrected chi connectivity index (χ4v) is 3.36. The number of imide groups is 1. The minimum Gasteiger partial charge on any atom is -0.368 e. The largest absolute Gasteiger partial charge is 0.368 e. The number of hydrogen-bond donors (Lipinski definition) is 1. The van der Waals surface area contributed by atoms with Crippen LogP contribution in [0.4, 0.5) is 10.5 Å². The molecule has 0 spiro atoms. The van der Waals surface area contributed by atoms with E-state index < -0.39 is 11.6 Å². The topological polar surface area (TPSA) is 73.0 Å². The lowest BCUT2D eigenvalue weighted by atomic mass is 9.99. The number of nitrogens with zero attached hydrogens (tertiary/aromatic N) is 3.